The Balaban J connectivity index is 2.47. The predicted octanol–water partition coefficient (Wildman–Crippen LogP) is 3.40. The van der Waals surface area contributed by atoms with Gasteiger partial charge in [-0.15, -0.1) is 0 Å². The van der Waals surface area contributed by atoms with Crippen molar-refractivity contribution in [3.8, 4) is 0 Å². The second kappa shape index (κ2) is 5.78. The summed E-state index contributed by atoms with van der Waals surface area (Å²) in [6.07, 6.45) is 3.79. The summed E-state index contributed by atoms with van der Waals surface area (Å²) in [7, 11) is 0. The van der Waals surface area contributed by atoms with Gasteiger partial charge in [-0.2, -0.15) is 0 Å². The molecule has 94 valence electrons. The quantitative estimate of drug-likeness (QED) is 0.886. The highest BCUT2D eigenvalue weighted by Gasteiger charge is 2.16. The second-order valence-electron chi connectivity index (χ2n) is 4.58. The Hall–Kier alpha value is -1.67. The van der Waals surface area contributed by atoms with Gasteiger partial charge in [-0.1, -0.05) is 31.2 Å². The van der Waals surface area contributed by atoms with Crippen LogP contribution in [0.4, 0.5) is 0 Å². The molecule has 2 aromatic rings. The molecule has 0 fully saturated rings. The Morgan fingerprint density at radius 1 is 1.06 bits per heavy atom. The number of hydrogen-bond acceptors (Lipinski definition) is 2. The normalized spacial score (nSPS) is 12.4. The minimum atomic E-state index is 0.249. The van der Waals surface area contributed by atoms with Gasteiger partial charge in [0.2, 0.25) is 0 Å². The number of nitrogens with zero attached hydrogens (tertiary/aromatic N) is 1. The fourth-order valence-corrected chi connectivity index (χ4v) is 2.31. The summed E-state index contributed by atoms with van der Waals surface area (Å²) in [5.74, 6) is 0. The van der Waals surface area contributed by atoms with Crippen molar-refractivity contribution >= 4 is 0 Å². The highest BCUT2D eigenvalue weighted by atomic mass is 14.9. The number of nitrogens with one attached hydrogen (secondary N) is 1. The summed E-state index contributed by atoms with van der Waals surface area (Å²) >= 11 is 0. The molecule has 0 amide bonds. The summed E-state index contributed by atoms with van der Waals surface area (Å²) in [5.41, 5.74) is 5.20. The number of aryl methyl sites for hydroxylation is 2. The van der Waals surface area contributed by atoms with Gasteiger partial charge in [-0.25, -0.2) is 0 Å². The topological polar surface area (TPSA) is 24.9 Å². The Morgan fingerprint density at radius 2 is 1.78 bits per heavy atom. The van der Waals surface area contributed by atoms with E-state index in [1.54, 1.807) is 0 Å². The second-order valence-corrected chi connectivity index (χ2v) is 4.58. The Morgan fingerprint density at radius 3 is 2.44 bits per heavy atom. The Kier molecular flexibility index (Phi) is 4.11. The van der Waals surface area contributed by atoms with Crippen molar-refractivity contribution < 1.29 is 0 Å². The van der Waals surface area contributed by atoms with Crippen LogP contribution in [-0.2, 0) is 0 Å². The molecule has 1 aromatic heterocycles. The minimum Gasteiger partial charge on any atom is -0.307 e. The molecule has 0 radical (unpaired) electrons. The predicted molar refractivity (Wildman–Crippen MR) is 75.7 cm³/mol. The third-order valence-corrected chi connectivity index (χ3v) is 3.28. The van der Waals surface area contributed by atoms with E-state index in [1.807, 2.05) is 12.4 Å². The molecule has 18 heavy (non-hydrogen) atoms. The zero-order valence-electron chi connectivity index (χ0n) is 11.3. The van der Waals surface area contributed by atoms with Crippen molar-refractivity contribution in [1.29, 1.82) is 0 Å². The van der Waals surface area contributed by atoms with Gasteiger partial charge in [-0.3, -0.25) is 4.98 Å². The molecule has 2 heteroatoms. The molecular formula is C16H20N2. The first-order chi connectivity index (χ1) is 8.74. The van der Waals surface area contributed by atoms with E-state index in [4.69, 9.17) is 0 Å². The molecule has 1 atom stereocenters. The van der Waals surface area contributed by atoms with Crippen molar-refractivity contribution in [2.75, 3.05) is 6.54 Å². The van der Waals surface area contributed by atoms with Crippen LogP contribution >= 0.6 is 0 Å². The van der Waals surface area contributed by atoms with Crippen LogP contribution in [0.15, 0.2) is 42.7 Å². The SMILES string of the molecule is CCNC(c1ccccc1C)c1ccncc1C. The van der Waals surface area contributed by atoms with E-state index in [1.165, 1.54) is 22.3 Å². The van der Waals surface area contributed by atoms with Crippen LogP contribution in [0.2, 0.25) is 0 Å². The highest BCUT2D eigenvalue weighted by Crippen LogP contribution is 2.26. The third-order valence-electron chi connectivity index (χ3n) is 3.28. The molecule has 2 rings (SSSR count). The maximum Gasteiger partial charge on any atom is 0.0582 e. The first-order valence-electron chi connectivity index (χ1n) is 6.43. The summed E-state index contributed by atoms with van der Waals surface area (Å²) in [5, 5.41) is 3.57. The average Bonchev–Trinajstić information content (AvgIpc) is 2.38. The maximum absolute atomic E-state index is 4.18. The van der Waals surface area contributed by atoms with Crippen LogP contribution in [0.3, 0.4) is 0 Å². The number of rotatable bonds is 4. The van der Waals surface area contributed by atoms with E-state index < -0.39 is 0 Å². The van der Waals surface area contributed by atoms with Crippen LogP contribution in [0.5, 0.6) is 0 Å². The molecule has 0 aliphatic rings. The largest absolute Gasteiger partial charge is 0.307 e. The van der Waals surface area contributed by atoms with Gasteiger partial charge < -0.3 is 5.32 Å². The van der Waals surface area contributed by atoms with E-state index in [0.717, 1.165) is 6.54 Å². The summed E-state index contributed by atoms with van der Waals surface area (Å²) < 4.78 is 0. The Labute approximate surface area is 109 Å². The molecule has 1 aromatic carbocycles. The first-order valence-corrected chi connectivity index (χ1v) is 6.43. The number of benzene rings is 1. The highest BCUT2D eigenvalue weighted by molar-refractivity contribution is 5.39. The zero-order valence-corrected chi connectivity index (χ0v) is 11.3. The van der Waals surface area contributed by atoms with Crippen LogP contribution in [0.1, 0.15) is 35.2 Å². The van der Waals surface area contributed by atoms with E-state index in [-0.39, 0.29) is 6.04 Å². The maximum atomic E-state index is 4.18. The summed E-state index contributed by atoms with van der Waals surface area (Å²) in [6, 6.07) is 10.9. The molecule has 0 aliphatic carbocycles. The van der Waals surface area contributed by atoms with E-state index in [9.17, 15) is 0 Å². The van der Waals surface area contributed by atoms with Crippen LogP contribution in [0.25, 0.3) is 0 Å². The van der Waals surface area contributed by atoms with E-state index >= 15 is 0 Å². The monoisotopic (exact) mass is 240 g/mol. The molecule has 0 saturated heterocycles. The van der Waals surface area contributed by atoms with Gasteiger partial charge in [0.05, 0.1) is 6.04 Å². The molecule has 1 unspecified atom stereocenters. The fourth-order valence-electron chi connectivity index (χ4n) is 2.31. The summed E-state index contributed by atoms with van der Waals surface area (Å²) in [6.45, 7) is 7.36. The van der Waals surface area contributed by atoms with Gasteiger partial charge in [0.15, 0.2) is 0 Å². The van der Waals surface area contributed by atoms with Crippen molar-refractivity contribution in [2.24, 2.45) is 0 Å². The van der Waals surface area contributed by atoms with Gasteiger partial charge in [0.1, 0.15) is 0 Å². The zero-order chi connectivity index (χ0) is 13.0. The molecule has 0 saturated carbocycles. The Bertz CT molecular complexity index is 475. The van der Waals surface area contributed by atoms with Crippen LogP contribution in [0, 0.1) is 13.8 Å². The van der Waals surface area contributed by atoms with Gasteiger partial charge >= 0.3 is 0 Å². The van der Waals surface area contributed by atoms with E-state index in [2.05, 4.69) is 61.4 Å². The molecule has 1 N–H and O–H groups in total. The lowest BCUT2D eigenvalue weighted by Gasteiger charge is -2.22. The summed E-state index contributed by atoms with van der Waals surface area (Å²) in [4.78, 5) is 4.18. The lowest BCUT2D eigenvalue weighted by Crippen LogP contribution is -2.23. The van der Waals surface area contributed by atoms with Crippen LogP contribution in [-0.4, -0.2) is 11.5 Å². The van der Waals surface area contributed by atoms with Crippen molar-refractivity contribution in [3.63, 3.8) is 0 Å². The van der Waals surface area contributed by atoms with Gasteiger partial charge in [0, 0.05) is 12.4 Å². The standard InChI is InChI=1S/C16H20N2/c1-4-18-16(14-8-6-5-7-12(14)2)15-9-10-17-11-13(15)3/h5-11,16,18H,4H2,1-3H3. The van der Waals surface area contributed by atoms with Crippen molar-refractivity contribution in [2.45, 2.75) is 26.8 Å². The number of hydrogen-bond donors (Lipinski definition) is 1. The van der Waals surface area contributed by atoms with Crippen molar-refractivity contribution in [1.82, 2.24) is 10.3 Å². The average molecular weight is 240 g/mol. The smallest absolute Gasteiger partial charge is 0.0582 e. The van der Waals surface area contributed by atoms with Gasteiger partial charge in [-0.05, 0) is 48.7 Å². The van der Waals surface area contributed by atoms with E-state index in [0.29, 0.717) is 0 Å². The van der Waals surface area contributed by atoms with Crippen LogP contribution < -0.4 is 5.32 Å². The molecule has 2 nitrogen and oxygen atoms in total. The first kappa shape index (κ1) is 12.8. The molecular weight excluding hydrogens is 220 g/mol. The number of pyridine rings is 1. The fraction of sp³-hybridized carbons (Fsp3) is 0.312. The lowest BCUT2D eigenvalue weighted by molar-refractivity contribution is 0.624. The molecule has 0 aliphatic heterocycles. The third kappa shape index (κ3) is 2.59. The molecule has 0 bridgehead atoms. The lowest BCUT2D eigenvalue weighted by atomic mass is 9.93. The van der Waals surface area contributed by atoms with Crippen molar-refractivity contribution in [3.05, 3.63) is 65.0 Å². The molecule has 0 spiro atoms. The minimum absolute atomic E-state index is 0.249. The molecule has 1 heterocycles. The van der Waals surface area contributed by atoms with Gasteiger partial charge in [0.25, 0.3) is 0 Å². The number of aromatic nitrogens is 1.